The van der Waals surface area contributed by atoms with Gasteiger partial charge in [-0.1, -0.05) is 12.2 Å². The third-order valence-corrected chi connectivity index (χ3v) is 0. The summed E-state index contributed by atoms with van der Waals surface area (Å²) in [4.78, 5) is 0. The minimum absolute atomic E-state index is 0.563. The van der Waals surface area contributed by atoms with E-state index in [2.05, 4.69) is 35.1 Å². The van der Waals surface area contributed by atoms with Crippen LogP contribution in [0.4, 0.5) is 0 Å². The van der Waals surface area contributed by atoms with E-state index < -0.39 is 0 Å². The lowest BCUT2D eigenvalue weighted by Crippen LogP contribution is -1.54. The molecule has 0 aliphatic heterocycles. The van der Waals surface area contributed by atoms with E-state index in [1.807, 2.05) is 0 Å². The van der Waals surface area contributed by atoms with E-state index in [1.54, 1.807) is 0 Å². The summed E-state index contributed by atoms with van der Waals surface area (Å²) in [5.41, 5.74) is 0. The molecule has 2 heteroatoms. The number of halogens is 1. The zero-order valence-corrected chi connectivity index (χ0v) is 4.40. The first-order valence-electron chi connectivity index (χ1n) is 0.747. The van der Waals surface area contributed by atoms with E-state index in [0.29, 0.717) is 3.77 Å². The lowest BCUT2D eigenvalue weighted by Gasteiger charge is -1.57. The highest BCUT2D eigenvalue weighted by molar-refractivity contribution is 9.20. The van der Waals surface area contributed by atoms with E-state index in [1.165, 1.54) is 0 Å². The topological polar surface area (TPSA) is 0 Å². The first-order chi connectivity index (χ1) is 1.73. The molecule has 0 aromatic rings. The summed E-state index contributed by atoms with van der Waals surface area (Å²) in [6.45, 7) is 3.29. The van der Waals surface area contributed by atoms with E-state index in [0.717, 1.165) is 0 Å². The number of rotatable bonds is 0. The molecule has 0 fully saturated rings. The summed E-state index contributed by atoms with van der Waals surface area (Å²) < 4.78 is 0.563. The fourth-order valence-electron chi connectivity index (χ4n) is 0. The van der Waals surface area contributed by atoms with E-state index in [4.69, 9.17) is 0 Å². The third kappa shape index (κ3) is 19.5. The van der Waals surface area contributed by atoms with Gasteiger partial charge in [0.1, 0.15) is 0 Å². The summed E-state index contributed by atoms with van der Waals surface area (Å²) in [5.74, 6) is 0. The smallest absolute Gasteiger partial charge is 0.0583 e. The Bertz CT molecular complexity index is 29.0. The highest BCUT2D eigenvalue weighted by Gasteiger charge is 1.59. The fraction of sp³-hybridized carbons (Fsp3) is 0. The largest absolute Gasteiger partial charge is 0.0768 e. The van der Waals surface area contributed by atoms with Crippen molar-refractivity contribution in [2.24, 2.45) is 0 Å². The molecule has 0 unspecified atom stereocenters. The van der Waals surface area contributed by atoms with Crippen LogP contribution < -0.4 is 0 Å². The van der Waals surface area contributed by atoms with Gasteiger partial charge in [-0.3, -0.25) is 0 Å². The Hall–Kier alpha value is 0.570. The average Bonchev–Trinajstić information content (AvgIpc) is 0.811. The molecule has 0 aliphatic rings. The van der Waals surface area contributed by atoms with Crippen molar-refractivity contribution >= 4 is 31.9 Å². The first-order valence-corrected chi connectivity index (χ1v) is 1.95. The number of thiocarbonyl (C=S) groups is 1. The van der Waals surface area contributed by atoms with Crippen molar-refractivity contribution < 1.29 is 0 Å². The van der Waals surface area contributed by atoms with Gasteiger partial charge < -0.3 is 0 Å². The van der Waals surface area contributed by atoms with Crippen LogP contribution in [0, 0.1) is 6.92 Å². The van der Waals surface area contributed by atoms with Gasteiger partial charge in [-0.2, -0.15) is 0 Å². The molecule has 0 nitrogen and oxygen atoms in total. The summed E-state index contributed by atoms with van der Waals surface area (Å²) in [6, 6.07) is 0. The summed E-state index contributed by atoms with van der Waals surface area (Å²) in [7, 11) is 0. The highest BCUT2D eigenvalue weighted by atomic mass is 79.9. The Morgan fingerprint density at radius 3 is 2.00 bits per heavy atom. The molecular weight excluding hydrogens is 136 g/mol. The minimum Gasteiger partial charge on any atom is -0.0768 e. The maximum atomic E-state index is 4.34. The van der Waals surface area contributed by atoms with Crippen molar-refractivity contribution in [1.29, 1.82) is 0 Å². The van der Waals surface area contributed by atoms with Crippen molar-refractivity contribution in [3.05, 3.63) is 6.92 Å². The molecule has 0 heterocycles. The second-order valence-electron chi connectivity index (χ2n) is 0.355. The van der Waals surface area contributed by atoms with Crippen LogP contribution >= 0.6 is 28.1 Å². The molecule has 1 radical (unpaired) electrons. The zero-order valence-electron chi connectivity index (χ0n) is 1.99. The molecule has 0 amide bonds. The Balaban J connectivity index is 2.80. The molecule has 0 aliphatic carbocycles. The fourth-order valence-corrected chi connectivity index (χ4v) is 0. The minimum atomic E-state index is 0.563. The monoisotopic (exact) mass is 137 g/mol. The SMILES string of the molecule is [CH2]C(=S)Br. The van der Waals surface area contributed by atoms with Gasteiger partial charge in [-0.05, 0) is 22.9 Å². The van der Waals surface area contributed by atoms with Crippen LogP contribution in [0.15, 0.2) is 0 Å². The normalized spacial score (nSPS) is 6.50. The lowest BCUT2D eigenvalue weighted by atomic mass is 11.0. The van der Waals surface area contributed by atoms with Crippen LogP contribution in [0.1, 0.15) is 0 Å². The van der Waals surface area contributed by atoms with Crippen LogP contribution in [0.2, 0.25) is 0 Å². The summed E-state index contributed by atoms with van der Waals surface area (Å²) in [5, 5.41) is 0. The second-order valence-corrected chi connectivity index (χ2v) is 2.33. The van der Waals surface area contributed by atoms with Crippen LogP contribution in [0.3, 0.4) is 0 Å². The van der Waals surface area contributed by atoms with E-state index >= 15 is 0 Å². The molecule has 4 heavy (non-hydrogen) atoms. The Morgan fingerprint density at radius 1 is 2.00 bits per heavy atom. The molecule has 0 rings (SSSR count). The van der Waals surface area contributed by atoms with E-state index in [9.17, 15) is 0 Å². The number of hydrogen-bond donors (Lipinski definition) is 0. The van der Waals surface area contributed by atoms with Gasteiger partial charge >= 0.3 is 0 Å². The van der Waals surface area contributed by atoms with Gasteiger partial charge in [0, 0.05) is 0 Å². The van der Waals surface area contributed by atoms with Gasteiger partial charge in [0.25, 0.3) is 0 Å². The van der Waals surface area contributed by atoms with Crippen molar-refractivity contribution in [1.82, 2.24) is 0 Å². The molecule has 23 valence electrons. The maximum Gasteiger partial charge on any atom is 0.0583 e. The molecule has 0 atom stereocenters. The maximum absolute atomic E-state index is 4.34. The van der Waals surface area contributed by atoms with Crippen molar-refractivity contribution in [3.8, 4) is 0 Å². The quantitative estimate of drug-likeness (QED) is 0.361. The Kier molecular flexibility index (Phi) is 2.11. The van der Waals surface area contributed by atoms with Crippen molar-refractivity contribution in [3.63, 3.8) is 0 Å². The standard InChI is InChI=1S/C2H2BrS/c1-2(3)4/h1H2. The van der Waals surface area contributed by atoms with Crippen LogP contribution in [0.25, 0.3) is 0 Å². The van der Waals surface area contributed by atoms with Crippen molar-refractivity contribution in [2.75, 3.05) is 0 Å². The Labute approximate surface area is 39.3 Å². The second kappa shape index (κ2) is 1.85. The summed E-state index contributed by atoms with van der Waals surface area (Å²) in [6.07, 6.45) is 0. The molecule has 0 bridgehead atoms. The molecule has 0 N–H and O–H groups in total. The molecule has 0 aromatic carbocycles. The van der Waals surface area contributed by atoms with Crippen LogP contribution in [0.5, 0.6) is 0 Å². The van der Waals surface area contributed by atoms with Gasteiger partial charge in [-0.25, -0.2) is 0 Å². The van der Waals surface area contributed by atoms with Crippen LogP contribution in [-0.4, -0.2) is 3.77 Å². The highest BCUT2D eigenvalue weighted by Crippen LogP contribution is 1.80. The molecular formula is C2H2BrS. The molecule has 0 saturated carbocycles. The van der Waals surface area contributed by atoms with Gasteiger partial charge in [0.05, 0.1) is 3.77 Å². The van der Waals surface area contributed by atoms with Gasteiger partial charge in [-0.15, -0.1) is 0 Å². The average molecular weight is 138 g/mol. The summed E-state index contributed by atoms with van der Waals surface area (Å²) >= 11 is 7.23. The molecule has 0 saturated heterocycles. The van der Waals surface area contributed by atoms with Crippen molar-refractivity contribution in [2.45, 2.75) is 0 Å². The van der Waals surface area contributed by atoms with Gasteiger partial charge in [0.15, 0.2) is 0 Å². The Morgan fingerprint density at radius 2 is 2.00 bits per heavy atom. The van der Waals surface area contributed by atoms with E-state index in [-0.39, 0.29) is 0 Å². The predicted octanol–water partition coefficient (Wildman–Crippen LogP) is 1.54. The third-order valence-electron chi connectivity index (χ3n) is 0. The van der Waals surface area contributed by atoms with Gasteiger partial charge in [0.2, 0.25) is 0 Å². The number of hydrogen-bond acceptors (Lipinski definition) is 1. The molecule has 0 spiro atoms. The zero-order chi connectivity index (χ0) is 3.58. The predicted molar refractivity (Wildman–Crippen MR) is 26.9 cm³/mol. The lowest BCUT2D eigenvalue weighted by molar-refractivity contribution is 2.74. The van der Waals surface area contributed by atoms with Crippen LogP contribution in [-0.2, 0) is 0 Å². The molecule has 0 aromatic heterocycles. The first kappa shape index (κ1) is 4.57.